The number of nitrogens with zero attached hydrogens (tertiary/aromatic N) is 3. The Morgan fingerprint density at radius 2 is 2.00 bits per heavy atom. The minimum absolute atomic E-state index is 0.0824. The van der Waals surface area contributed by atoms with Crippen molar-refractivity contribution in [1.82, 2.24) is 25.7 Å². The quantitative estimate of drug-likeness (QED) is 0.797. The van der Waals surface area contributed by atoms with Gasteiger partial charge in [0.2, 0.25) is 11.8 Å². The first-order valence-electron chi connectivity index (χ1n) is 9.86. The first-order chi connectivity index (χ1) is 13.7. The molecule has 2 fully saturated rings. The second-order valence-corrected chi connectivity index (χ2v) is 7.52. The highest BCUT2D eigenvalue weighted by molar-refractivity contribution is 5.79. The van der Waals surface area contributed by atoms with Gasteiger partial charge in [-0.15, -0.1) is 0 Å². The van der Waals surface area contributed by atoms with E-state index >= 15 is 0 Å². The Morgan fingerprint density at radius 1 is 1.21 bits per heavy atom. The third-order valence-corrected chi connectivity index (χ3v) is 5.37. The van der Waals surface area contributed by atoms with Gasteiger partial charge in [0.25, 0.3) is 0 Å². The Labute approximate surface area is 163 Å². The molecule has 8 nitrogen and oxygen atoms in total. The van der Waals surface area contributed by atoms with Crippen molar-refractivity contribution in [3.05, 3.63) is 47.6 Å². The standard InChI is InChI=1S/C20H25N5O3/c26-18-10-15(13-25(18)12-14-6-2-1-3-7-14)19-23-17(28-24-19)11-21-20(27)22-16-8-4-5-9-16/h1-3,6-7,15-16H,4-5,8-13H2,(H2,21,22,27). The van der Waals surface area contributed by atoms with E-state index in [2.05, 4.69) is 20.8 Å². The van der Waals surface area contributed by atoms with E-state index < -0.39 is 0 Å². The van der Waals surface area contributed by atoms with Gasteiger partial charge in [-0.05, 0) is 18.4 Å². The van der Waals surface area contributed by atoms with E-state index in [1.165, 1.54) is 12.8 Å². The zero-order valence-corrected chi connectivity index (χ0v) is 15.8. The predicted octanol–water partition coefficient (Wildman–Crippen LogP) is 2.33. The number of carbonyl (C=O) groups excluding carboxylic acids is 2. The summed E-state index contributed by atoms with van der Waals surface area (Å²) in [6, 6.07) is 9.96. The first kappa shape index (κ1) is 18.5. The number of benzene rings is 1. The molecule has 148 valence electrons. The van der Waals surface area contributed by atoms with Gasteiger partial charge in [0.15, 0.2) is 5.82 Å². The van der Waals surface area contributed by atoms with Crippen LogP contribution in [0.4, 0.5) is 4.79 Å². The van der Waals surface area contributed by atoms with Gasteiger partial charge in [0, 0.05) is 31.5 Å². The second-order valence-electron chi connectivity index (χ2n) is 7.52. The maximum atomic E-state index is 12.3. The zero-order chi connectivity index (χ0) is 19.3. The molecular weight excluding hydrogens is 358 g/mol. The van der Waals surface area contributed by atoms with E-state index in [9.17, 15) is 9.59 Å². The molecule has 8 heteroatoms. The smallest absolute Gasteiger partial charge is 0.315 e. The van der Waals surface area contributed by atoms with E-state index in [0.29, 0.717) is 31.2 Å². The van der Waals surface area contributed by atoms with Crippen LogP contribution >= 0.6 is 0 Å². The Balaban J connectivity index is 1.28. The molecule has 2 heterocycles. The molecule has 1 atom stereocenters. The predicted molar refractivity (Wildman–Crippen MR) is 101 cm³/mol. The van der Waals surface area contributed by atoms with Crippen molar-refractivity contribution >= 4 is 11.9 Å². The summed E-state index contributed by atoms with van der Waals surface area (Å²) in [5.41, 5.74) is 1.10. The summed E-state index contributed by atoms with van der Waals surface area (Å²) in [6.07, 6.45) is 4.78. The van der Waals surface area contributed by atoms with E-state index in [4.69, 9.17) is 4.52 Å². The minimum Gasteiger partial charge on any atom is -0.338 e. The summed E-state index contributed by atoms with van der Waals surface area (Å²) < 4.78 is 5.25. The van der Waals surface area contributed by atoms with Crippen molar-refractivity contribution in [3.63, 3.8) is 0 Å². The molecule has 4 rings (SSSR count). The molecule has 28 heavy (non-hydrogen) atoms. The van der Waals surface area contributed by atoms with Gasteiger partial charge in [0.05, 0.1) is 6.54 Å². The maximum absolute atomic E-state index is 12.3. The molecule has 2 N–H and O–H groups in total. The van der Waals surface area contributed by atoms with Gasteiger partial charge in [-0.25, -0.2) is 4.79 Å². The number of likely N-dealkylation sites (tertiary alicyclic amines) is 1. The average Bonchev–Trinajstić information content (AvgIpc) is 3.43. The van der Waals surface area contributed by atoms with Crippen molar-refractivity contribution in [1.29, 1.82) is 0 Å². The molecule has 0 spiro atoms. The van der Waals surface area contributed by atoms with Crippen LogP contribution in [0.15, 0.2) is 34.9 Å². The Bertz CT molecular complexity index is 816. The number of carbonyl (C=O) groups is 2. The van der Waals surface area contributed by atoms with Crippen molar-refractivity contribution in [2.45, 2.75) is 57.2 Å². The fourth-order valence-electron chi connectivity index (χ4n) is 3.87. The molecule has 3 amide bonds. The average molecular weight is 383 g/mol. The van der Waals surface area contributed by atoms with Crippen LogP contribution in [0, 0.1) is 0 Å². The largest absolute Gasteiger partial charge is 0.338 e. The monoisotopic (exact) mass is 383 g/mol. The molecule has 1 aromatic carbocycles. The fourth-order valence-corrected chi connectivity index (χ4v) is 3.87. The van der Waals surface area contributed by atoms with Crippen LogP contribution in [0.5, 0.6) is 0 Å². The number of rotatable bonds is 6. The van der Waals surface area contributed by atoms with Crippen molar-refractivity contribution < 1.29 is 14.1 Å². The summed E-state index contributed by atoms with van der Waals surface area (Å²) in [4.78, 5) is 30.5. The zero-order valence-electron chi connectivity index (χ0n) is 15.8. The van der Waals surface area contributed by atoms with Gasteiger partial charge >= 0.3 is 6.03 Å². The summed E-state index contributed by atoms with van der Waals surface area (Å²) in [5.74, 6) is 0.887. The lowest BCUT2D eigenvalue weighted by atomic mass is 10.1. The third-order valence-electron chi connectivity index (χ3n) is 5.37. The lowest BCUT2D eigenvalue weighted by Crippen LogP contribution is -2.40. The van der Waals surface area contributed by atoms with Gasteiger partial charge in [-0.3, -0.25) is 4.79 Å². The molecule has 1 aliphatic heterocycles. The molecule has 2 aliphatic rings. The van der Waals surface area contributed by atoms with Crippen molar-refractivity contribution in [3.8, 4) is 0 Å². The maximum Gasteiger partial charge on any atom is 0.315 e. The van der Waals surface area contributed by atoms with E-state index in [1.54, 1.807) is 0 Å². The fraction of sp³-hybridized carbons (Fsp3) is 0.500. The van der Waals surface area contributed by atoms with Crippen LogP contribution in [0.1, 0.15) is 55.3 Å². The van der Waals surface area contributed by atoms with Gasteiger partial charge in [0.1, 0.15) is 0 Å². The van der Waals surface area contributed by atoms with Crippen molar-refractivity contribution in [2.75, 3.05) is 6.54 Å². The van der Waals surface area contributed by atoms with E-state index in [1.807, 2.05) is 35.2 Å². The van der Waals surface area contributed by atoms with Crippen LogP contribution in [0.2, 0.25) is 0 Å². The number of nitrogens with one attached hydrogen (secondary N) is 2. The van der Waals surface area contributed by atoms with E-state index in [-0.39, 0.29) is 30.4 Å². The highest BCUT2D eigenvalue weighted by Crippen LogP contribution is 2.27. The molecular formula is C20H25N5O3. The summed E-state index contributed by atoms with van der Waals surface area (Å²) in [7, 11) is 0. The molecule has 0 bridgehead atoms. The number of amides is 3. The number of aromatic nitrogens is 2. The second kappa shape index (κ2) is 8.41. The van der Waals surface area contributed by atoms with Crippen molar-refractivity contribution in [2.24, 2.45) is 0 Å². The van der Waals surface area contributed by atoms with Gasteiger partial charge in [-0.1, -0.05) is 48.3 Å². The highest BCUT2D eigenvalue weighted by atomic mass is 16.5. The normalized spacial score (nSPS) is 19.9. The Kier molecular flexibility index (Phi) is 5.55. The van der Waals surface area contributed by atoms with Crippen LogP contribution in [-0.2, 0) is 17.9 Å². The molecule has 1 saturated heterocycles. The first-order valence-corrected chi connectivity index (χ1v) is 9.86. The Hall–Kier alpha value is -2.90. The van der Waals surface area contributed by atoms with Gasteiger partial charge in [-0.2, -0.15) is 4.98 Å². The molecule has 1 aromatic heterocycles. The lowest BCUT2D eigenvalue weighted by molar-refractivity contribution is -0.128. The summed E-state index contributed by atoms with van der Waals surface area (Å²) in [5, 5.41) is 9.73. The van der Waals surface area contributed by atoms with E-state index in [0.717, 1.165) is 18.4 Å². The van der Waals surface area contributed by atoms with Gasteiger partial charge < -0.3 is 20.1 Å². The summed E-state index contributed by atoms with van der Waals surface area (Å²) >= 11 is 0. The van der Waals surface area contributed by atoms with Crippen LogP contribution < -0.4 is 10.6 Å². The topological polar surface area (TPSA) is 100 Å². The van der Waals surface area contributed by atoms with Crippen LogP contribution in [-0.4, -0.2) is 39.6 Å². The Morgan fingerprint density at radius 3 is 2.79 bits per heavy atom. The number of urea groups is 1. The number of hydrogen-bond donors (Lipinski definition) is 2. The molecule has 0 radical (unpaired) electrons. The molecule has 2 aromatic rings. The number of hydrogen-bond acceptors (Lipinski definition) is 5. The minimum atomic E-state index is -0.211. The lowest BCUT2D eigenvalue weighted by Gasteiger charge is -2.15. The van der Waals surface area contributed by atoms with Crippen LogP contribution in [0.3, 0.4) is 0 Å². The SMILES string of the molecule is O=C(NCc1nc(C2CC(=O)N(Cc3ccccc3)C2)no1)NC1CCCC1. The molecule has 1 saturated carbocycles. The molecule has 1 aliphatic carbocycles. The van der Waals surface area contributed by atoms with Crippen LogP contribution in [0.25, 0.3) is 0 Å². The molecule has 1 unspecified atom stereocenters. The third kappa shape index (κ3) is 4.49. The highest BCUT2D eigenvalue weighted by Gasteiger charge is 2.33. The summed E-state index contributed by atoms with van der Waals surface area (Å²) in [6.45, 7) is 1.34.